The minimum absolute atomic E-state index is 0.142. The van der Waals surface area contributed by atoms with Crippen LogP contribution in [0, 0.1) is 6.92 Å². The second-order valence-corrected chi connectivity index (χ2v) is 10.0. The predicted molar refractivity (Wildman–Crippen MR) is 151 cm³/mol. The maximum absolute atomic E-state index is 6.53. The summed E-state index contributed by atoms with van der Waals surface area (Å²) in [5.41, 5.74) is 6.92. The highest BCUT2D eigenvalue weighted by atomic mass is 16.5. The summed E-state index contributed by atoms with van der Waals surface area (Å²) in [6, 6.07) is 40.1. The Morgan fingerprint density at radius 3 is 2.45 bits per heavy atom. The molecular weight excluding hydrogens is 468 g/mol. The topological polar surface area (TPSA) is 34.1 Å². The summed E-state index contributed by atoms with van der Waals surface area (Å²) in [5, 5.41) is 9.67. The molecule has 2 aliphatic rings. The first-order valence-electron chi connectivity index (χ1n) is 13.1. The molecule has 186 valence electrons. The molecule has 4 nitrogen and oxygen atoms in total. The molecule has 5 aromatic rings. The zero-order chi connectivity index (χ0) is 25.5. The second kappa shape index (κ2) is 9.38. The highest BCUT2D eigenvalue weighted by Crippen LogP contribution is 2.47. The van der Waals surface area contributed by atoms with Crippen molar-refractivity contribution in [2.45, 2.75) is 32.2 Å². The van der Waals surface area contributed by atoms with E-state index in [0.717, 1.165) is 29.2 Å². The fourth-order valence-corrected chi connectivity index (χ4v) is 5.48. The lowest BCUT2D eigenvalue weighted by atomic mass is 9.95. The first-order valence-corrected chi connectivity index (χ1v) is 13.1. The number of hydrazone groups is 1. The molecule has 2 aliphatic heterocycles. The van der Waals surface area contributed by atoms with Gasteiger partial charge in [-0.05, 0) is 59.2 Å². The molecule has 2 atom stereocenters. The van der Waals surface area contributed by atoms with Gasteiger partial charge in [0.15, 0.2) is 0 Å². The van der Waals surface area contributed by atoms with Crippen molar-refractivity contribution in [2.75, 3.05) is 0 Å². The molecular formula is C34H28N2O2. The van der Waals surface area contributed by atoms with Crippen LogP contribution >= 0.6 is 0 Å². The van der Waals surface area contributed by atoms with Crippen LogP contribution in [0.3, 0.4) is 0 Å². The number of fused-ring (bicyclic) bond motifs is 4. The summed E-state index contributed by atoms with van der Waals surface area (Å²) in [4.78, 5) is 0. The minimum atomic E-state index is -0.301. The third kappa shape index (κ3) is 4.08. The van der Waals surface area contributed by atoms with Gasteiger partial charge in [0, 0.05) is 17.5 Å². The van der Waals surface area contributed by atoms with E-state index in [1.165, 1.54) is 33.0 Å². The van der Waals surface area contributed by atoms with Gasteiger partial charge in [-0.1, -0.05) is 90.5 Å². The van der Waals surface area contributed by atoms with Crippen molar-refractivity contribution >= 4 is 16.5 Å². The largest absolute Gasteiger partial charge is 0.489 e. The number of rotatable bonds is 5. The number of hydrogen-bond donors (Lipinski definition) is 0. The first kappa shape index (κ1) is 22.6. The lowest BCUT2D eigenvalue weighted by Crippen LogP contribution is -2.33. The van der Waals surface area contributed by atoms with Gasteiger partial charge in [0.05, 0.1) is 11.8 Å². The Bertz CT molecular complexity index is 1630. The molecule has 4 heteroatoms. The highest BCUT2D eigenvalue weighted by molar-refractivity contribution is 6.02. The summed E-state index contributed by atoms with van der Waals surface area (Å²) < 4.78 is 12.7. The molecule has 0 radical (unpaired) electrons. The number of nitrogens with zero attached hydrogens (tertiary/aromatic N) is 2. The number of aryl methyl sites for hydroxylation is 1. The summed E-state index contributed by atoms with van der Waals surface area (Å²) >= 11 is 0. The number of ether oxygens (including phenoxy) is 2. The summed E-state index contributed by atoms with van der Waals surface area (Å²) in [6.45, 7) is 2.63. The third-order valence-corrected chi connectivity index (χ3v) is 7.52. The molecule has 0 saturated heterocycles. The molecule has 0 unspecified atom stereocenters. The van der Waals surface area contributed by atoms with E-state index < -0.39 is 0 Å². The number of benzene rings is 5. The van der Waals surface area contributed by atoms with Crippen molar-refractivity contribution in [3.05, 3.63) is 143 Å². The van der Waals surface area contributed by atoms with E-state index in [1.807, 2.05) is 18.2 Å². The zero-order valence-electron chi connectivity index (χ0n) is 21.2. The molecule has 0 amide bonds. The van der Waals surface area contributed by atoms with E-state index in [1.54, 1.807) is 0 Å². The third-order valence-electron chi connectivity index (χ3n) is 7.52. The molecule has 7 rings (SSSR count). The van der Waals surface area contributed by atoms with Crippen LogP contribution in [0.25, 0.3) is 10.8 Å². The SMILES string of the molecule is Cc1ccc(C2=NN3[C@H](C2)c2ccccc2O[C@@H]3c2ccc(OCc3cccc4ccccc34)cc2)cc1. The Morgan fingerprint density at radius 1 is 0.816 bits per heavy atom. The molecule has 0 fully saturated rings. The maximum atomic E-state index is 6.53. The fraction of sp³-hybridized carbons (Fsp3) is 0.147. The molecule has 38 heavy (non-hydrogen) atoms. The Morgan fingerprint density at radius 2 is 1.58 bits per heavy atom. The van der Waals surface area contributed by atoms with Crippen LogP contribution in [-0.2, 0) is 6.61 Å². The molecule has 0 N–H and O–H groups in total. The number of para-hydroxylation sites is 1. The first-order chi connectivity index (χ1) is 18.7. The average molecular weight is 497 g/mol. The van der Waals surface area contributed by atoms with Gasteiger partial charge in [0.25, 0.3) is 0 Å². The van der Waals surface area contributed by atoms with Crippen LogP contribution < -0.4 is 9.47 Å². The van der Waals surface area contributed by atoms with Gasteiger partial charge >= 0.3 is 0 Å². The Hall–Kier alpha value is -4.57. The predicted octanol–water partition coefficient (Wildman–Crippen LogP) is 7.97. The second-order valence-electron chi connectivity index (χ2n) is 10.0. The van der Waals surface area contributed by atoms with E-state index >= 15 is 0 Å². The van der Waals surface area contributed by atoms with Crippen molar-refractivity contribution in [1.82, 2.24) is 5.01 Å². The highest BCUT2D eigenvalue weighted by Gasteiger charge is 2.40. The van der Waals surface area contributed by atoms with Crippen molar-refractivity contribution in [3.63, 3.8) is 0 Å². The van der Waals surface area contributed by atoms with E-state index in [-0.39, 0.29) is 12.3 Å². The average Bonchev–Trinajstić information content (AvgIpc) is 3.42. The standard InChI is InChI=1S/C34H28N2O2/c1-23-13-15-25(16-14-23)31-21-32-30-11-4-5-12-33(30)38-34(36(32)35-31)26-17-19-28(20-18-26)37-22-27-9-6-8-24-7-2-3-10-29(24)27/h2-20,32,34H,21-22H2,1H3/t32-,34-/m1/s1. The molecule has 0 aliphatic carbocycles. The zero-order valence-corrected chi connectivity index (χ0v) is 21.2. The lowest BCUT2D eigenvalue weighted by Gasteiger charge is -2.38. The van der Waals surface area contributed by atoms with Crippen molar-refractivity contribution < 1.29 is 9.47 Å². The molecule has 2 heterocycles. The molecule has 0 bridgehead atoms. The Labute approximate surface area is 222 Å². The lowest BCUT2D eigenvalue weighted by molar-refractivity contribution is -0.0190. The summed E-state index contributed by atoms with van der Waals surface area (Å²) in [6.07, 6.45) is 0.552. The minimum Gasteiger partial charge on any atom is -0.489 e. The normalized spacial score (nSPS) is 17.9. The van der Waals surface area contributed by atoms with Crippen LogP contribution in [0.1, 0.15) is 46.5 Å². The Balaban J connectivity index is 1.15. The van der Waals surface area contributed by atoms with Crippen molar-refractivity contribution in [1.29, 1.82) is 0 Å². The smallest absolute Gasteiger partial charge is 0.213 e. The van der Waals surface area contributed by atoms with Crippen LogP contribution in [0.2, 0.25) is 0 Å². The van der Waals surface area contributed by atoms with Gasteiger partial charge in [-0.3, -0.25) is 0 Å². The van der Waals surface area contributed by atoms with Gasteiger partial charge in [-0.15, -0.1) is 0 Å². The van der Waals surface area contributed by atoms with Crippen LogP contribution in [0.5, 0.6) is 11.5 Å². The summed E-state index contributed by atoms with van der Waals surface area (Å²) in [5.74, 6) is 1.76. The molecule has 0 aromatic heterocycles. The van der Waals surface area contributed by atoms with E-state index in [9.17, 15) is 0 Å². The Kier molecular flexibility index (Phi) is 5.58. The van der Waals surface area contributed by atoms with E-state index in [0.29, 0.717) is 6.61 Å². The summed E-state index contributed by atoms with van der Waals surface area (Å²) in [7, 11) is 0. The van der Waals surface area contributed by atoms with Gasteiger partial charge in [-0.2, -0.15) is 5.10 Å². The van der Waals surface area contributed by atoms with Crippen LogP contribution in [-0.4, -0.2) is 10.7 Å². The molecule has 5 aromatic carbocycles. The van der Waals surface area contributed by atoms with Crippen molar-refractivity contribution in [3.8, 4) is 11.5 Å². The van der Waals surface area contributed by atoms with Gasteiger partial charge in [-0.25, -0.2) is 5.01 Å². The van der Waals surface area contributed by atoms with E-state index in [4.69, 9.17) is 14.6 Å². The van der Waals surface area contributed by atoms with Gasteiger partial charge in [0.2, 0.25) is 6.23 Å². The number of hydrogen-bond acceptors (Lipinski definition) is 4. The van der Waals surface area contributed by atoms with Gasteiger partial charge < -0.3 is 9.47 Å². The van der Waals surface area contributed by atoms with E-state index in [2.05, 4.69) is 109 Å². The molecule has 0 saturated carbocycles. The van der Waals surface area contributed by atoms with Crippen molar-refractivity contribution in [2.24, 2.45) is 5.10 Å². The molecule has 0 spiro atoms. The van der Waals surface area contributed by atoms with Gasteiger partial charge in [0.1, 0.15) is 18.1 Å². The maximum Gasteiger partial charge on any atom is 0.213 e. The monoisotopic (exact) mass is 496 g/mol. The van der Waals surface area contributed by atoms with Crippen LogP contribution in [0.15, 0.2) is 120 Å². The fourth-order valence-electron chi connectivity index (χ4n) is 5.48. The van der Waals surface area contributed by atoms with Crippen LogP contribution in [0.4, 0.5) is 0 Å². The quantitative estimate of drug-likeness (QED) is 0.247.